The first-order chi connectivity index (χ1) is 10.5. The Bertz CT molecular complexity index is 521. The monoisotopic (exact) mass is 326 g/mol. The number of hydrogen-bond donors (Lipinski definition) is 2. The number of quaternary nitrogens is 1. The van der Waals surface area contributed by atoms with E-state index in [0.717, 1.165) is 17.2 Å². The molecule has 22 heavy (non-hydrogen) atoms. The first-order valence-corrected chi connectivity index (χ1v) is 7.65. The molecule has 120 valence electrons. The minimum atomic E-state index is 0.00257. The fourth-order valence-corrected chi connectivity index (χ4v) is 2.34. The Kier molecular flexibility index (Phi) is 6.03. The van der Waals surface area contributed by atoms with Crippen LogP contribution >= 0.6 is 11.6 Å². The van der Waals surface area contributed by atoms with E-state index >= 15 is 0 Å². The maximum absolute atomic E-state index is 12.1. The predicted octanol–water partition coefficient (Wildman–Crippen LogP) is -0.808. The van der Waals surface area contributed by atoms with Gasteiger partial charge in [0.05, 0.1) is 19.6 Å². The normalized spacial score (nSPS) is 17.7. The summed E-state index contributed by atoms with van der Waals surface area (Å²) in [5.74, 6) is 0.746. The Morgan fingerprint density at radius 1 is 1.41 bits per heavy atom. The number of carbonyl (C=O) groups excluding carboxylic acids is 2. The average Bonchev–Trinajstić information content (AvgIpc) is 2.49. The fourth-order valence-electron chi connectivity index (χ4n) is 2.21. The maximum atomic E-state index is 12.1. The third kappa shape index (κ3) is 5.20. The number of nitrogens with one attached hydrogen (secondary N) is 2. The summed E-state index contributed by atoms with van der Waals surface area (Å²) >= 11 is 5.80. The summed E-state index contributed by atoms with van der Waals surface area (Å²) in [4.78, 5) is 26.0. The maximum Gasteiger partial charge on any atom is 0.277 e. The number of halogens is 1. The molecule has 1 atom stereocenters. The van der Waals surface area contributed by atoms with E-state index in [4.69, 9.17) is 16.3 Å². The van der Waals surface area contributed by atoms with Crippen molar-refractivity contribution in [3.63, 3.8) is 0 Å². The summed E-state index contributed by atoms with van der Waals surface area (Å²) in [5, 5.41) is 3.42. The first kappa shape index (κ1) is 16.6. The Hall–Kier alpha value is -1.79. The second-order valence-electron chi connectivity index (χ2n) is 5.32. The lowest BCUT2D eigenvalue weighted by Crippen LogP contribution is -3.16. The van der Waals surface area contributed by atoms with Crippen LogP contribution in [0.2, 0.25) is 5.02 Å². The average molecular weight is 327 g/mol. The molecule has 1 aromatic rings. The highest BCUT2D eigenvalue weighted by molar-refractivity contribution is 6.30. The minimum Gasteiger partial charge on any atom is -0.492 e. The molecule has 6 nitrogen and oxygen atoms in total. The number of nitrogens with zero attached hydrogens (tertiary/aromatic N) is 1. The second kappa shape index (κ2) is 8.00. The highest BCUT2D eigenvalue weighted by atomic mass is 35.5. The van der Waals surface area contributed by atoms with Gasteiger partial charge < -0.3 is 19.9 Å². The Morgan fingerprint density at radius 3 is 2.82 bits per heavy atom. The standard InChI is InChI=1S/C15H20ClN3O3/c1-18(8-9-22-13-4-2-12(16)3-5-13)15(21)11-19-7-6-17-14(20)10-19/h2-5H,6-11H2,1H3,(H,17,20)/p+1. The lowest BCUT2D eigenvalue weighted by Gasteiger charge is -2.25. The summed E-state index contributed by atoms with van der Waals surface area (Å²) in [6.07, 6.45) is 0. The van der Waals surface area contributed by atoms with Crippen molar-refractivity contribution < 1.29 is 19.2 Å². The van der Waals surface area contributed by atoms with Crippen molar-refractivity contribution in [1.82, 2.24) is 10.2 Å². The van der Waals surface area contributed by atoms with E-state index in [9.17, 15) is 9.59 Å². The van der Waals surface area contributed by atoms with Crippen LogP contribution in [0.5, 0.6) is 5.75 Å². The van der Waals surface area contributed by atoms with Gasteiger partial charge >= 0.3 is 0 Å². The molecule has 7 heteroatoms. The van der Waals surface area contributed by atoms with Gasteiger partial charge in [-0.25, -0.2) is 0 Å². The van der Waals surface area contributed by atoms with Crippen LogP contribution in [0.3, 0.4) is 0 Å². The molecule has 2 rings (SSSR count). The van der Waals surface area contributed by atoms with Gasteiger partial charge in [-0.1, -0.05) is 11.6 Å². The van der Waals surface area contributed by atoms with Crippen molar-refractivity contribution >= 4 is 23.4 Å². The number of piperazine rings is 1. The van der Waals surface area contributed by atoms with Crippen LogP contribution < -0.4 is 15.0 Å². The van der Waals surface area contributed by atoms with Crippen LogP contribution in [0.25, 0.3) is 0 Å². The zero-order chi connectivity index (χ0) is 15.9. The van der Waals surface area contributed by atoms with Crippen molar-refractivity contribution in [3.8, 4) is 5.75 Å². The molecule has 2 amide bonds. The summed E-state index contributed by atoms with van der Waals surface area (Å²) < 4.78 is 5.57. The number of amides is 2. The topological polar surface area (TPSA) is 63.1 Å². The zero-order valence-corrected chi connectivity index (χ0v) is 13.4. The number of carbonyl (C=O) groups is 2. The Balaban J connectivity index is 1.69. The Morgan fingerprint density at radius 2 is 2.14 bits per heavy atom. The molecule has 1 heterocycles. The highest BCUT2D eigenvalue weighted by Crippen LogP contribution is 2.15. The number of benzene rings is 1. The van der Waals surface area contributed by atoms with Gasteiger partial charge in [0.15, 0.2) is 13.1 Å². The largest absolute Gasteiger partial charge is 0.492 e. The molecule has 0 saturated carbocycles. The smallest absolute Gasteiger partial charge is 0.277 e. The molecule has 1 aromatic carbocycles. The molecule has 1 unspecified atom stereocenters. The number of ether oxygens (including phenoxy) is 1. The van der Waals surface area contributed by atoms with Gasteiger partial charge in [0.25, 0.3) is 11.8 Å². The van der Waals surface area contributed by atoms with Crippen LogP contribution in [0.15, 0.2) is 24.3 Å². The number of likely N-dealkylation sites (N-methyl/N-ethyl adjacent to an activating group) is 1. The fraction of sp³-hybridized carbons (Fsp3) is 0.467. The van der Waals surface area contributed by atoms with Crippen LogP contribution in [0.4, 0.5) is 0 Å². The zero-order valence-electron chi connectivity index (χ0n) is 12.6. The Labute approximate surface area is 135 Å². The van der Waals surface area contributed by atoms with Gasteiger partial charge in [-0.05, 0) is 24.3 Å². The lowest BCUT2D eigenvalue weighted by molar-refractivity contribution is -0.885. The van der Waals surface area contributed by atoms with Crippen molar-refractivity contribution in [2.45, 2.75) is 0 Å². The lowest BCUT2D eigenvalue weighted by atomic mass is 10.3. The molecule has 0 spiro atoms. The van der Waals surface area contributed by atoms with E-state index in [-0.39, 0.29) is 11.8 Å². The third-order valence-corrected chi connectivity index (χ3v) is 3.80. The van der Waals surface area contributed by atoms with Crippen molar-refractivity contribution in [1.29, 1.82) is 0 Å². The van der Waals surface area contributed by atoms with Crippen LogP contribution in [0, 0.1) is 0 Å². The molecule has 1 fully saturated rings. The van der Waals surface area contributed by atoms with Crippen LogP contribution in [0.1, 0.15) is 0 Å². The van der Waals surface area contributed by atoms with Gasteiger partial charge in [-0.3, -0.25) is 9.59 Å². The van der Waals surface area contributed by atoms with Crippen molar-refractivity contribution in [2.24, 2.45) is 0 Å². The molecule has 1 aliphatic heterocycles. The number of rotatable bonds is 6. The minimum absolute atomic E-state index is 0.00257. The van der Waals surface area contributed by atoms with E-state index in [1.165, 1.54) is 0 Å². The molecule has 0 aliphatic carbocycles. The van der Waals surface area contributed by atoms with Gasteiger partial charge in [0.1, 0.15) is 12.4 Å². The SMILES string of the molecule is CN(CCOc1ccc(Cl)cc1)C(=O)C[NH+]1CCNC(=O)C1. The van der Waals surface area contributed by atoms with E-state index in [1.807, 2.05) is 0 Å². The summed E-state index contributed by atoms with van der Waals surface area (Å²) in [7, 11) is 1.75. The molecule has 0 bridgehead atoms. The van der Waals surface area contributed by atoms with Crippen molar-refractivity contribution in [3.05, 3.63) is 29.3 Å². The molecule has 0 radical (unpaired) electrons. The molecular weight excluding hydrogens is 306 g/mol. The quantitative estimate of drug-likeness (QED) is 0.719. The summed E-state index contributed by atoms with van der Waals surface area (Å²) in [6.45, 7) is 3.03. The van der Waals surface area contributed by atoms with Gasteiger partial charge in [0.2, 0.25) is 0 Å². The number of hydrogen-bond acceptors (Lipinski definition) is 3. The van der Waals surface area contributed by atoms with E-state index < -0.39 is 0 Å². The molecule has 0 aromatic heterocycles. The molecule has 1 saturated heterocycles. The molecular formula is C15H21ClN3O3+. The van der Waals surface area contributed by atoms with Crippen LogP contribution in [-0.4, -0.2) is 63.1 Å². The van der Waals surface area contributed by atoms with Crippen LogP contribution in [-0.2, 0) is 9.59 Å². The van der Waals surface area contributed by atoms with Gasteiger partial charge in [-0.2, -0.15) is 0 Å². The predicted molar refractivity (Wildman–Crippen MR) is 83.2 cm³/mol. The second-order valence-corrected chi connectivity index (χ2v) is 5.76. The van der Waals surface area contributed by atoms with Crippen molar-refractivity contribution in [2.75, 3.05) is 46.4 Å². The highest BCUT2D eigenvalue weighted by Gasteiger charge is 2.23. The molecule has 2 N–H and O–H groups in total. The van der Waals surface area contributed by atoms with E-state index in [1.54, 1.807) is 36.2 Å². The summed E-state index contributed by atoms with van der Waals surface area (Å²) in [5.41, 5.74) is 0. The molecule has 1 aliphatic rings. The van der Waals surface area contributed by atoms with E-state index in [2.05, 4.69) is 5.32 Å². The summed E-state index contributed by atoms with van der Waals surface area (Å²) in [6, 6.07) is 7.11. The third-order valence-electron chi connectivity index (χ3n) is 3.55. The van der Waals surface area contributed by atoms with Gasteiger partial charge in [0, 0.05) is 12.1 Å². The van der Waals surface area contributed by atoms with Gasteiger partial charge in [-0.15, -0.1) is 0 Å². The van der Waals surface area contributed by atoms with E-state index in [0.29, 0.717) is 37.8 Å². The first-order valence-electron chi connectivity index (χ1n) is 7.27.